The van der Waals surface area contributed by atoms with Crippen LogP contribution < -0.4 is 0 Å². The summed E-state index contributed by atoms with van der Waals surface area (Å²) in [5, 5.41) is 1.26. The van der Waals surface area contributed by atoms with E-state index < -0.39 is 12.3 Å². The molecule has 1 saturated heterocycles. The summed E-state index contributed by atoms with van der Waals surface area (Å²) in [5.41, 5.74) is 0.904. The number of hydrogen-bond acceptors (Lipinski definition) is 4. The highest BCUT2D eigenvalue weighted by Gasteiger charge is 2.42. The fraction of sp³-hybridized carbons (Fsp3) is 0.333. The van der Waals surface area contributed by atoms with Crippen molar-refractivity contribution in [2.45, 2.75) is 18.7 Å². The normalized spacial score (nSPS) is 23.3. The van der Waals surface area contributed by atoms with E-state index in [9.17, 15) is 9.59 Å². The highest BCUT2D eigenvalue weighted by Crippen LogP contribution is 2.26. The van der Waals surface area contributed by atoms with Crippen molar-refractivity contribution < 1.29 is 19.2 Å². The van der Waals surface area contributed by atoms with Gasteiger partial charge in [0.25, 0.3) is 5.91 Å². The molecule has 2 bridgehead atoms. The van der Waals surface area contributed by atoms with Gasteiger partial charge in [0.2, 0.25) is 0 Å². The van der Waals surface area contributed by atoms with E-state index in [0.29, 0.717) is 6.54 Å². The maximum absolute atomic E-state index is 12.4. The van der Waals surface area contributed by atoms with Gasteiger partial charge in [0, 0.05) is 0 Å². The molecular formula is C15H16N2O4. The Kier molecular flexibility index (Phi) is 3.62. The zero-order valence-corrected chi connectivity index (χ0v) is 11.6. The van der Waals surface area contributed by atoms with Crippen LogP contribution in [0.3, 0.4) is 0 Å². The predicted octanol–water partition coefficient (Wildman–Crippen LogP) is 1.34. The smallest absolute Gasteiger partial charge is 0.411 e. The fourth-order valence-electron chi connectivity index (χ4n) is 2.53. The third kappa shape index (κ3) is 2.62. The number of ether oxygens (including phenoxy) is 1. The third-order valence-corrected chi connectivity index (χ3v) is 3.54. The first-order chi connectivity index (χ1) is 10.2. The zero-order valence-electron chi connectivity index (χ0n) is 11.6. The second kappa shape index (κ2) is 5.57. The number of nitrogens with zero attached hydrogens (tertiary/aromatic N) is 2. The number of methoxy groups -OCH3 is 1. The van der Waals surface area contributed by atoms with Crippen molar-refractivity contribution in [2.24, 2.45) is 0 Å². The molecule has 0 spiro atoms. The van der Waals surface area contributed by atoms with Gasteiger partial charge in [0.1, 0.15) is 6.10 Å². The Morgan fingerprint density at radius 2 is 2.05 bits per heavy atom. The summed E-state index contributed by atoms with van der Waals surface area (Å²) in [6.45, 7) is 0.392. The number of carbonyl (C=O) groups excluding carboxylic acids is 2. The molecule has 0 aromatic heterocycles. The summed E-state index contributed by atoms with van der Waals surface area (Å²) >= 11 is 0. The zero-order chi connectivity index (χ0) is 14.8. The first kappa shape index (κ1) is 13.6. The molecule has 6 nitrogen and oxygen atoms in total. The molecule has 2 atom stereocenters. The van der Waals surface area contributed by atoms with Crippen LogP contribution in [0.2, 0.25) is 0 Å². The van der Waals surface area contributed by atoms with Gasteiger partial charge >= 0.3 is 6.09 Å². The van der Waals surface area contributed by atoms with E-state index >= 15 is 0 Å². The number of rotatable bonds is 2. The molecule has 1 aromatic carbocycles. The van der Waals surface area contributed by atoms with E-state index in [0.717, 1.165) is 5.56 Å². The lowest BCUT2D eigenvalue weighted by molar-refractivity contribution is -0.255. The highest BCUT2D eigenvalue weighted by molar-refractivity contribution is 5.79. The summed E-state index contributed by atoms with van der Waals surface area (Å²) in [4.78, 5) is 31.2. The quantitative estimate of drug-likeness (QED) is 0.770. The van der Waals surface area contributed by atoms with Gasteiger partial charge in [-0.3, -0.25) is 14.5 Å². The Hall–Kier alpha value is -2.34. The van der Waals surface area contributed by atoms with Crippen LogP contribution in [-0.2, 0) is 20.8 Å². The van der Waals surface area contributed by atoms with Crippen LogP contribution in [0, 0.1) is 0 Å². The van der Waals surface area contributed by atoms with Crippen molar-refractivity contribution in [3.05, 3.63) is 48.0 Å². The van der Waals surface area contributed by atoms with Crippen molar-refractivity contribution >= 4 is 12.0 Å². The van der Waals surface area contributed by atoms with Crippen LogP contribution in [0.5, 0.6) is 0 Å². The molecule has 6 heteroatoms. The molecule has 0 N–H and O–H groups in total. The van der Waals surface area contributed by atoms with Gasteiger partial charge in [-0.1, -0.05) is 36.4 Å². The number of amides is 2. The number of fused-ring (bicyclic) bond motifs is 2. The highest BCUT2D eigenvalue weighted by atomic mass is 16.7. The molecule has 0 aliphatic carbocycles. The minimum absolute atomic E-state index is 0.186. The Morgan fingerprint density at radius 1 is 1.29 bits per heavy atom. The van der Waals surface area contributed by atoms with Gasteiger partial charge < -0.3 is 4.74 Å². The van der Waals surface area contributed by atoms with Crippen molar-refractivity contribution in [1.82, 2.24) is 9.96 Å². The van der Waals surface area contributed by atoms with Crippen LogP contribution in [0.25, 0.3) is 0 Å². The maximum Gasteiger partial charge on any atom is 0.411 e. The Balaban J connectivity index is 1.75. The summed E-state index contributed by atoms with van der Waals surface area (Å²) in [6, 6.07) is 9.43. The van der Waals surface area contributed by atoms with Crippen molar-refractivity contribution in [2.75, 3.05) is 13.7 Å². The van der Waals surface area contributed by atoms with Crippen molar-refractivity contribution in [1.29, 1.82) is 0 Å². The summed E-state index contributed by atoms with van der Waals surface area (Å²) in [6.07, 6.45) is 2.56. The van der Waals surface area contributed by atoms with Gasteiger partial charge in [0.15, 0.2) is 6.17 Å². The fourth-order valence-corrected chi connectivity index (χ4v) is 2.53. The van der Waals surface area contributed by atoms with E-state index in [2.05, 4.69) is 0 Å². The molecule has 3 aliphatic rings. The average molecular weight is 288 g/mol. The first-order valence-corrected chi connectivity index (χ1v) is 6.74. The monoisotopic (exact) mass is 288 g/mol. The number of carbonyl (C=O) groups is 2. The van der Waals surface area contributed by atoms with Crippen molar-refractivity contribution in [3.8, 4) is 0 Å². The third-order valence-electron chi connectivity index (χ3n) is 3.54. The molecule has 1 fully saturated rings. The SMILES string of the molecule is COC(=O)N1CC2C=CC1N(C(=O)Cc1ccccc1)O2. The Bertz CT molecular complexity index is 572. The Morgan fingerprint density at radius 3 is 2.71 bits per heavy atom. The molecule has 0 saturated carbocycles. The van der Waals surface area contributed by atoms with Gasteiger partial charge in [-0.15, -0.1) is 0 Å². The largest absolute Gasteiger partial charge is 0.453 e. The van der Waals surface area contributed by atoms with Gasteiger partial charge in [0.05, 0.1) is 20.1 Å². The van der Waals surface area contributed by atoms with E-state index in [-0.39, 0.29) is 18.4 Å². The molecule has 3 heterocycles. The molecule has 2 unspecified atom stereocenters. The van der Waals surface area contributed by atoms with Crippen LogP contribution >= 0.6 is 0 Å². The molecule has 2 amide bonds. The maximum atomic E-state index is 12.4. The van der Waals surface area contributed by atoms with E-state index in [1.807, 2.05) is 36.4 Å². The molecule has 0 radical (unpaired) electrons. The second-order valence-corrected chi connectivity index (χ2v) is 4.95. The summed E-state index contributed by atoms with van der Waals surface area (Å²) in [7, 11) is 1.32. The average Bonchev–Trinajstić information content (AvgIpc) is 2.55. The molecule has 110 valence electrons. The van der Waals surface area contributed by atoms with Gasteiger partial charge in [-0.2, -0.15) is 5.06 Å². The lowest BCUT2D eigenvalue weighted by Crippen LogP contribution is -2.62. The first-order valence-electron chi connectivity index (χ1n) is 6.74. The van der Waals surface area contributed by atoms with Crippen LogP contribution in [0.1, 0.15) is 5.56 Å². The van der Waals surface area contributed by atoms with Crippen molar-refractivity contribution in [3.63, 3.8) is 0 Å². The van der Waals surface area contributed by atoms with E-state index in [4.69, 9.17) is 9.57 Å². The van der Waals surface area contributed by atoms with E-state index in [1.54, 1.807) is 6.08 Å². The van der Waals surface area contributed by atoms with Gasteiger partial charge in [-0.25, -0.2) is 4.79 Å². The van der Waals surface area contributed by atoms with Gasteiger partial charge in [-0.05, 0) is 11.6 Å². The molecule has 4 rings (SSSR count). The van der Waals surface area contributed by atoms with Crippen LogP contribution in [0.4, 0.5) is 4.79 Å². The second-order valence-electron chi connectivity index (χ2n) is 4.95. The van der Waals surface area contributed by atoms with Crippen LogP contribution in [-0.4, -0.2) is 47.9 Å². The number of hydrogen-bond donors (Lipinski definition) is 0. The van der Waals surface area contributed by atoms with Crippen LogP contribution in [0.15, 0.2) is 42.5 Å². The number of hydroxylamine groups is 2. The molecule has 3 aliphatic heterocycles. The molecule has 1 aromatic rings. The summed E-state index contributed by atoms with van der Waals surface area (Å²) in [5.74, 6) is -0.186. The summed E-state index contributed by atoms with van der Waals surface area (Å²) < 4.78 is 4.75. The lowest BCUT2D eigenvalue weighted by atomic mass is 10.1. The Labute approximate surface area is 122 Å². The topological polar surface area (TPSA) is 59.1 Å². The standard InChI is InChI=1S/C15H16N2O4/c1-20-15(19)16-10-12-7-8-13(16)17(21-12)14(18)9-11-5-3-2-4-6-11/h2-8,12-13H,9-10H2,1H3. The lowest BCUT2D eigenvalue weighted by Gasteiger charge is -2.46. The minimum atomic E-state index is -0.543. The minimum Gasteiger partial charge on any atom is -0.453 e. The van der Waals surface area contributed by atoms with E-state index in [1.165, 1.54) is 17.1 Å². The molecular weight excluding hydrogens is 272 g/mol. The molecule has 21 heavy (non-hydrogen) atoms. The number of benzene rings is 1. The predicted molar refractivity (Wildman–Crippen MR) is 73.9 cm³/mol.